The van der Waals surface area contributed by atoms with Crippen LogP contribution in [0.1, 0.15) is 31.2 Å². The summed E-state index contributed by atoms with van der Waals surface area (Å²) in [5.41, 5.74) is 1.17. The molecule has 1 saturated carbocycles. The molecule has 6 heterocycles. The molecule has 230 valence electrons. The van der Waals surface area contributed by atoms with E-state index in [1.807, 2.05) is 12.1 Å². The van der Waals surface area contributed by atoms with Crippen molar-refractivity contribution >= 4 is 36.1 Å². The monoisotopic (exact) mass is 624 g/mol. The Labute approximate surface area is 262 Å². The zero-order valence-electron chi connectivity index (χ0n) is 24.9. The second kappa shape index (κ2) is 10.4. The Kier molecular flexibility index (Phi) is 6.35. The highest BCUT2D eigenvalue weighted by Gasteiger charge is 2.46. The van der Waals surface area contributed by atoms with Gasteiger partial charge in [0, 0.05) is 59.9 Å². The SMILES string of the molecule is C#Cc1cccc2cc(O)cc(-c3nc4c5c(nc(OCC6(CN7CCPC7)CC6)nc5c3F)N3CC5CCC(N5)C3CO4)c12. The van der Waals surface area contributed by atoms with Crippen LogP contribution in [0.5, 0.6) is 17.6 Å². The Morgan fingerprint density at radius 3 is 2.93 bits per heavy atom. The summed E-state index contributed by atoms with van der Waals surface area (Å²) in [6, 6.07) is 9.33. The molecule has 0 radical (unpaired) electrons. The largest absolute Gasteiger partial charge is 0.508 e. The van der Waals surface area contributed by atoms with Crippen molar-refractivity contribution in [1.29, 1.82) is 0 Å². The molecule has 4 aliphatic heterocycles. The van der Waals surface area contributed by atoms with Gasteiger partial charge in [0.1, 0.15) is 34.8 Å². The number of ether oxygens (including phenoxy) is 2. The van der Waals surface area contributed by atoms with Gasteiger partial charge in [-0.05, 0) is 55.4 Å². The van der Waals surface area contributed by atoms with Gasteiger partial charge in [-0.2, -0.15) is 9.97 Å². The summed E-state index contributed by atoms with van der Waals surface area (Å²) in [5.74, 6) is 2.96. The molecule has 9 nitrogen and oxygen atoms in total. The number of rotatable bonds is 6. The van der Waals surface area contributed by atoms with Crippen molar-refractivity contribution in [3.63, 3.8) is 0 Å². The molecule has 2 aromatic heterocycles. The number of fused-ring (bicyclic) bond motifs is 6. The molecule has 4 fully saturated rings. The van der Waals surface area contributed by atoms with Gasteiger partial charge in [0.15, 0.2) is 5.82 Å². The van der Waals surface area contributed by atoms with Gasteiger partial charge in [-0.3, -0.25) is 4.90 Å². The van der Waals surface area contributed by atoms with Crippen LogP contribution in [0.4, 0.5) is 10.2 Å². The number of benzene rings is 2. The van der Waals surface area contributed by atoms with Crippen LogP contribution in [0.3, 0.4) is 0 Å². The van der Waals surface area contributed by atoms with Gasteiger partial charge in [-0.1, -0.05) is 18.1 Å². The fourth-order valence-corrected chi connectivity index (χ4v) is 9.00. The Bertz CT molecular complexity index is 1910. The average Bonchev–Trinajstić information content (AvgIpc) is 3.47. The van der Waals surface area contributed by atoms with Crippen molar-refractivity contribution in [3.8, 4) is 41.2 Å². The van der Waals surface area contributed by atoms with E-state index in [1.165, 1.54) is 18.5 Å². The Hall–Kier alpha value is -3.77. The fraction of sp³-hybridized carbons (Fsp3) is 0.441. The molecule has 11 heteroatoms. The van der Waals surface area contributed by atoms with E-state index < -0.39 is 5.82 Å². The molecule has 2 aromatic carbocycles. The zero-order valence-corrected chi connectivity index (χ0v) is 25.9. The van der Waals surface area contributed by atoms with Crippen LogP contribution in [0.25, 0.3) is 32.9 Å². The molecule has 4 atom stereocenters. The lowest BCUT2D eigenvalue weighted by Crippen LogP contribution is -2.60. The summed E-state index contributed by atoms with van der Waals surface area (Å²) in [7, 11) is 1.01. The molecule has 2 N–H and O–H groups in total. The predicted octanol–water partition coefficient (Wildman–Crippen LogP) is 4.48. The van der Waals surface area contributed by atoms with Crippen molar-refractivity contribution in [2.24, 2.45) is 5.41 Å². The number of terminal acetylenes is 1. The minimum absolute atomic E-state index is 0.0100. The smallest absolute Gasteiger partial charge is 0.319 e. The second-order valence-corrected chi connectivity index (χ2v) is 14.6. The van der Waals surface area contributed by atoms with Crippen LogP contribution in [0.2, 0.25) is 0 Å². The van der Waals surface area contributed by atoms with E-state index in [0.29, 0.717) is 52.4 Å². The maximum absolute atomic E-state index is 17.0. The second-order valence-electron chi connectivity index (χ2n) is 13.3. The van der Waals surface area contributed by atoms with E-state index in [2.05, 4.69) is 21.0 Å². The van der Waals surface area contributed by atoms with E-state index in [1.54, 1.807) is 12.1 Å². The van der Waals surface area contributed by atoms with Crippen molar-refractivity contribution in [2.45, 2.75) is 43.8 Å². The molecule has 0 amide bonds. The first-order valence-corrected chi connectivity index (χ1v) is 17.3. The minimum atomic E-state index is -0.625. The first kappa shape index (κ1) is 27.5. The summed E-state index contributed by atoms with van der Waals surface area (Å²) >= 11 is 0. The van der Waals surface area contributed by atoms with Crippen molar-refractivity contribution in [3.05, 3.63) is 41.7 Å². The maximum Gasteiger partial charge on any atom is 0.319 e. The predicted molar refractivity (Wildman–Crippen MR) is 173 cm³/mol. The van der Waals surface area contributed by atoms with Crippen LogP contribution >= 0.6 is 8.58 Å². The van der Waals surface area contributed by atoms with Gasteiger partial charge < -0.3 is 24.8 Å². The van der Waals surface area contributed by atoms with Crippen molar-refractivity contribution in [1.82, 2.24) is 25.2 Å². The van der Waals surface area contributed by atoms with Crippen LogP contribution in [0.15, 0.2) is 30.3 Å². The van der Waals surface area contributed by atoms with Gasteiger partial charge in [-0.15, -0.1) is 15.0 Å². The summed E-state index contributed by atoms with van der Waals surface area (Å²) in [4.78, 5) is 19.3. The summed E-state index contributed by atoms with van der Waals surface area (Å²) in [6.45, 7) is 3.78. The molecule has 3 saturated heterocycles. The summed E-state index contributed by atoms with van der Waals surface area (Å²) < 4.78 is 29.8. The first-order valence-electron chi connectivity index (χ1n) is 15.8. The number of phenolic OH excluding ortho intramolecular Hbond substituents is 1. The molecule has 9 rings (SSSR count). The molecule has 4 unspecified atom stereocenters. The number of aromatic nitrogens is 3. The lowest BCUT2D eigenvalue weighted by Gasteiger charge is -2.40. The van der Waals surface area contributed by atoms with Crippen molar-refractivity contribution in [2.75, 3.05) is 50.2 Å². The summed E-state index contributed by atoms with van der Waals surface area (Å²) in [6.07, 6.45) is 12.7. The number of hydrogen-bond donors (Lipinski definition) is 2. The Morgan fingerprint density at radius 1 is 1.20 bits per heavy atom. The molecule has 5 aliphatic rings. The van der Waals surface area contributed by atoms with Gasteiger partial charge in [0.2, 0.25) is 5.88 Å². The highest BCUT2D eigenvalue weighted by atomic mass is 31.1. The lowest BCUT2D eigenvalue weighted by atomic mass is 9.96. The average molecular weight is 625 g/mol. The third-order valence-electron chi connectivity index (χ3n) is 10.3. The van der Waals surface area contributed by atoms with Gasteiger partial charge in [-0.25, -0.2) is 9.37 Å². The van der Waals surface area contributed by atoms with Crippen LogP contribution in [-0.2, 0) is 0 Å². The van der Waals surface area contributed by atoms with E-state index in [4.69, 9.17) is 30.8 Å². The molecule has 1 aliphatic carbocycles. The molecular weight excluding hydrogens is 590 g/mol. The molecule has 4 aromatic rings. The number of phenols is 1. The number of pyridine rings is 1. The molecule has 0 spiro atoms. The maximum atomic E-state index is 17.0. The minimum Gasteiger partial charge on any atom is -0.508 e. The lowest BCUT2D eigenvalue weighted by molar-refractivity contribution is 0.174. The Morgan fingerprint density at radius 2 is 2.11 bits per heavy atom. The van der Waals surface area contributed by atoms with E-state index in [9.17, 15) is 5.11 Å². The van der Waals surface area contributed by atoms with Crippen LogP contribution in [-0.4, -0.2) is 88.4 Å². The standard InChI is InChI=1S/C34H34FN6O3P/c1-2-19-4-3-5-20-12-22(42)13-23(26(19)20)29-28(35)30-27-31(41-14-21-6-7-24(36-21)25(41)15-43-32(27)37-29)39-33(38-30)44-17-34(8-9-34)16-40-10-11-45-18-40/h1,3-5,12-13,21,24-25,36,42,45H,6-11,14-18H2. The van der Waals surface area contributed by atoms with Gasteiger partial charge >= 0.3 is 6.01 Å². The molecule has 45 heavy (non-hydrogen) atoms. The van der Waals surface area contributed by atoms with E-state index >= 15 is 4.39 Å². The topological polar surface area (TPSA) is 95.9 Å². The number of aromatic hydroxyl groups is 1. The van der Waals surface area contributed by atoms with Crippen molar-refractivity contribution < 1.29 is 19.0 Å². The van der Waals surface area contributed by atoms with Gasteiger partial charge in [0.05, 0.1) is 12.6 Å². The summed E-state index contributed by atoms with van der Waals surface area (Å²) in [5, 5.41) is 16.2. The molecular formula is C34H34FN6O3P. The number of nitrogens with zero attached hydrogens (tertiary/aromatic N) is 5. The first-order chi connectivity index (χ1) is 22.0. The number of hydrogen-bond acceptors (Lipinski definition) is 9. The Balaban J connectivity index is 1.20. The number of halogens is 1. The zero-order chi connectivity index (χ0) is 30.3. The van der Waals surface area contributed by atoms with E-state index in [-0.39, 0.29) is 46.3 Å². The number of nitrogens with one attached hydrogen (secondary N) is 1. The fourth-order valence-electron chi connectivity index (χ4n) is 7.78. The highest BCUT2D eigenvalue weighted by Crippen LogP contribution is 2.48. The van der Waals surface area contributed by atoms with Gasteiger partial charge in [0.25, 0.3) is 0 Å². The van der Waals surface area contributed by atoms with Crippen LogP contribution < -0.4 is 19.7 Å². The quantitative estimate of drug-likeness (QED) is 0.238. The molecule has 2 bridgehead atoms. The highest BCUT2D eigenvalue weighted by molar-refractivity contribution is 7.38. The number of anilines is 1. The number of piperazine rings is 1. The van der Waals surface area contributed by atoms with Crippen LogP contribution in [0, 0.1) is 23.6 Å². The van der Waals surface area contributed by atoms with E-state index in [0.717, 1.165) is 53.9 Å². The third kappa shape index (κ3) is 4.59. The normalized spacial score (nSPS) is 25.2. The third-order valence-corrected chi connectivity index (χ3v) is 11.5.